The summed E-state index contributed by atoms with van der Waals surface area (Å²) in [7, 11) is 0. The summed E-state index contributed by atoms with van der Waals surface area (Å²) in [6, 6.07) is 8.05. The van der Waals surface area contributed by atoms with Gasteiger partial charge in [-0.3, -0.25) is 9.69 Å². The lowest BCUT2D eigenvalue weighted by atomic mass is 10.1. The molecule has 3 rings (SSSR count). The summed E-state index contributed by atoms with van der Waals surface area (Å²) >= 11 is 0. The molecule has 2 aromatic rings. The Morgan fingerprint density at radius 1 is 1.30 bits per heavy atom. The van der Waals surface area contributed by atoms with E-state index in [-0.39, 0.29) is 5.91 Å². The van der Waals surface area contributed by atoms with Gasteiger partial charge in [-0.2, -0.15) is 5.10 Å². The van der Waals surface area contributed by atoms with Crippen molar-refractivity contribution >= 4 is 5.91 Å². The minimum Gasteiger partial charge on any atom is -0.366 e. The van der Waals surface area contributed by atoms with Crippen molar-refractivity contribution in [3.8, 4) is 0 Å². The lowest BCUT2D eigenvalue weighted by Gasteiger charge is -2.24. The first-order valence-electron chi connectivity index (χ1n) is 8.04. The van der Waals surface area contributed by atoms with Gasteiger partial charge in [0.05, 0.1) is 6.54 Å². The lowest BCUT2D eigenvalue weighted by molar-refractivity contribution is 0.1000. The highest BCUT2D eigenvalue weighted by Crippen LogP contribution is 2.22. The van der Waals surface area contributed by atoms with E-state index in [4.69, 9.17) is 5.73 Å². The molecule has 2 N–H and O–H groups in total. The molecule has 0 saturated carbocycles. The third-order valence-corrected chi connectivity index (χ3v) is 4.47. The van der Waals surface area contributed by atoms with Gasteiger partial charge in [-0.25, -0.2) is 9.67 Å². The quantitative estimate of drug-likeness (QED) is 0.910. The molecule has 23 heavy (non-hydrogen) atoms. The summed E-state index contributed by atoms with van der Waals surface area (Å²) in [5.74, 6) is 1.42. The zero-order valence-electron chi connectivity index (χ0n) is 13.7. The van der Waals surface area contributed by atoms with Crippen molar-refractivity contribution in [1.82, 2.24) is 19.7 Å². The number of aromatic nitrogens is 3. The Morgan fingerprint density at radius 3 is 2.65 bits per heavy atom. The van der Waals surface area contributed by atoms with Crippen molar-refractivity contribution in [2.45, 2.75) is 45.8 Å². The number of hydrogen-bond acceptors (Lipinski definition) is 4. The maximum Gasteiger partial charge on any atom is 0.248 e. The maximum absolute atomic E-state index is 11.1. The van der Waals surface area contributed by atoms with Gasteiger partial charge >= 0.3 is 0 Å². The van der Waals surface area contributed by atoms with Crippen molar-refractivity contribution in [2.75, 3.05) is 6.54 Å². The summed E-state index contributed by atoms with van der Waals surface area (Å²) in [4.78, 5) is 18.0. The van der Waals surface area contributed by atoms with Crippen LogP contribution in [0.15, 0.2) is 24.3 Å². The van der Waals surface area contributed by atoms with Gasteiger partial charge in [-0.1, -0.05) is 12.1 Å². The Bertz CT molecular complexity index is 692. The van der Waals surface area contributed by atoms with E-state index in [0.29, 0.717) is 11.6 Å². The van der Waals surface area contributed by atoms with Crippen LogP contribution in [0.3, 0.4) is 0 Å². The summed E-state index contributed by atoms with van der Waals surface area (Å²) in [5.41, 5.74) is 7.04. The highest BCUT2D eigenvalue weighted by molar-refractivity contribution is 5.92. The van der Waals surface area contributed by atoms with Crippen molar-refractivity contribution in [3.63, 3.8) is 0 Å². The van der Waals surface area contributed by atoms with E-state index in [1.807, 2.05) is 30.7 Å². The van der Waals surface area contributed by atoms with Crippen LogP contribution < -0.4 is 5.73 Å². The standard InChI is InChI=1S/C17H23N5O/c1-12-19-13(2)22(20-12)11-16-4-3-9-21(16)10-14-5-7-15(8-6-14)17(18)23/h5-8,16H,3-4,9-11H2,1-2H3,(H2,18,23). The zero-order valence-corrected chi connectivity index (χ0v) is 13.7. The SMILES string of the molecule is Cc1nc(C)n(CC2CCCN2Cc2ccc(C(N)=O)cc2)n1. The minimum absolute atomic E-state index is 0.382. The highest BCUT2D eigenvalue weighted by Gasteiger charge is 2.25. The fourth-order valence-electron chi connectivity index (χ4n) is 3.25. The predicted octanol–water partition coefficient (Wildman–Crippen LogP) is 1.66. The van der Waals surface area contributed by atoms with Crippen LogP contribution in [0.5, 0.6) is 0 Å². The third-order valence-electron chi connectivity index (χ3n) is 4.47. The number of hydrogen-bond donors (Lipinski definition) is 1. The van der Waals surface area contributed by atoms with Crippen molar-refractivity contribution < 1.29 is 4.79 Å². The molecule has 1 aromatic carbocycles. The minimum atomic E-state index is -0.382. The number of carbonyl (C=O) groups excluding carboxylic acids is 1. The molecule has 1 fully saturated rings. The molecule has 1 aliphatic rings. The molecule has 1 amide bonds. The summed E-state index contributed by atoms with van der Waals surface area (Å²) in [5, 5.41) is 4.47. The van der Waals surface area contributed by atoms with Crippen LogP contribution in [0.1, 0.15) is 40.4 Å². The first kappa shape index (κ1) is 15.7. The molecule has 1 atom stereocenters. The van der Waals surface area contributed by atoms with E-state index < -0.39 is 0 Å². The molecule has 0 radical (unpaired) electrons. The average molecular weight is 313 g/mol. The zero-order chi connectivity index (χ0) is 16.4. The van der Waals surface area contributed by atoms with Gasteiger partial charge in [0.25, 0.3) is 0 Å². The molecule has 6 nitrogen and oxygen atoms in total. The second-order valence-corrected chi connectivity index (χ2v) is 6.22. The van der Waals surface area contributed by atoms with E-state index in [2.05, 4.69) is 15.0 Å². The van der Waals surface area contributed by atoms with E-state index in [9.17, 15) is 4.79 Å². The summed E-state index contributed by atoms with van der Waals surface area (Å²) < 4.78 is 2.01. The molecular weight excluding hydrogens is 290 g/mol. The molecule has 122 valence electrons. The Balaban J connectivity index is 1.67. The number of aryl methyl sites for hydroxylation is 2. The number of likely N-dealkylation sites (tertiary alicyclic amines) is 1. The molecule has 1 aromatic heterocycles. The number of carbonyl (C=O) groups is 1. The van der Waals surface area contributed by atoms with Crippen LogP contribution in [0.4, 0.5) is 0 Å². The molecule has 1 aliphatic heterocycles. The molecular formula is C17H23N5O. The Labute approximate surface area is 136 Å². The number of nitrogens with two attached hydrogens (primary N) is 1. The molecule has 1 unspecified atom stereocenters. The van der Waals surface area contributed by atoms with Crippen molar-refractivity contribution in [2.24, 2.45) is 5.73 Å². The largest absolute Gasteiger partial charge is 0.366 e. The van der Waals surface area contributed by atoms with E-state index in [1.54, 1.807) is 12.1 Å². The Kier molecular flexibility index (Phi) is 4.43. The van der Waals surface area contributed by atoms with Gasteiger partial charge in [0, 0.05) is 18.2 Å². The summed E-state index contributed by atoms with van der Waals surface area (Å²) in [6.45, 7) is 6.79. The monoisotopic (exact) mass is 313 g/mol. The molecule has 0 spiro atoms. The number of primary amides is 1. The first-order valence-corrected chi connectivity index (χ1v) is 8.04. The van der Waals surface area contributed by atoms with Crippen LogP contribution in [-0.4, -0.2) is 38.2 Å². The fraction of sp³-hybridized carbons (Fsp3) is 0.471. The molecule has 0 aliphatic carbocycles. The van der Waals surface area contributed by atoms with Gasteiger partial charge in [0.15, 0.2) is 0 Å². The average Bonchev–Trinajstić information content (AvgIpc) is 3.07. The Morgan fingerprint density at radius 2 is 2.04 bits per heavy atom. The molecule has 0 bridgehead atoms. The summed E-state index contributed by atoms with van der Waals surface area (Å²) in [6.07, 6.45) is 2.38. The Hall–Kier alpha value is -2.21. The second-order valence-electron chi connectivity index (χ2n) is 6.22. The molecule has 1 saturated heterocycles. The van der Waals surface area contributed by atoms with Gasteiger partial charge < -0.3 is 5.73 Å². The fourth-order valence-corrected chi connectivity index (χ4v) is 3.25. The number of nitrogens with zero attached hydrogens (tertiary/aromatic N) is 4. The lowest BCUT2D eigenvalue weighted by Crippen LogP contribution is -2.33. The van der Waals surface area contributed by atoms with Crippen LogP contribution in [0.2, 0.25) is 0 Å². The van der Waals surface area contributed by atoms with Crippen molar-refractivity contribution in [3.05, 3.63) is 47.0 Å². The highest BCUT2D eigenvalue weighted by atomic mass is 16.1. The second kappa shape index (κ2) is 6.50. The first-order chi connectivity index (χ1) is 11.0. The van der Waals surface area contributed by atoms with Crippen LogP contribution in [0, 0.1) is 13.8 Å². The predicted molar refractivity (Wildman–Crippen MR) is 87.9 cm³/mol. The maximum atomic E-state index is 11.1. The number of rotatable bonds is 5. The van der Waals surface area contributed by atoms with Gasteiger partial charge in [0.2, 0.25) is 5.91 Å². The van der Waals surface area contributed by atoms with Crippen LogP contribution in [-0.2, 0) is 13.1 Å². The molecule has 6 heteroatoms. The number of amides is 1. The molecule has 2 heterocycles. The normalized spacial score (nSPS) is 18.4. The topological polar surface area (TPSA) is 77.0 Å². The van der Waals surface area contributed by atoms with Crippen LogP contribution in [0.25, 0.3) is 0 Å². The number of benzene rings is 1. The van der Waals surface area contributed by atoms with Crippen molar-refractivity contribution in [1.29, 1.82) is 0 Å². The smallest absolute Gasteiger partial charge is 0.248 e. The third kappa shape index (κ3) is 3.59. The van der Waals surface area contributed by atoms with Gasteiger partial charge in [0.1, 0.15) is 11.6 Å². The van der Waals surface area contributed by atoms with Gasteiger partial charge in [-0.05, 0) is 50.9 Å². The van der Waals surface area contributed by atoms with E-state index >= 15 is 0 Å². The van der Waals surface area contributed by atoms with Gasteiger partial charge in [-0.15, -0.1) is 0 Å². The van der Waals surface area contributed by atoms with E-state index in [0.717, 1.165) is 31.3 Å². The van der Waals surface area contributed by atoms with Crippen LogP contribution >= 0.6 is 0 Å². The van der Waals surface area contributed by atoms with E-state index in [1.165, 1.54) is 18.4 Å².